The van der Waals surface area contributed by atoms with Crippen LogP contribution in [-0.2, 0) is 6.54 Å². The summed E-state index contributed by atoms with van der Waals surface area (Å²) in [5, 5.41) is 10.9. The third kappa shape index (κ3) is 2.48. The lowest BCUT2D eigenvalue weighted by Crippen LogP contribution is -2.07. The predicted octanol–water partition coefficient (Wildman–Crippen LogP) is 3.42. The van der Waals surface area contributed by atoms with E-state index in [1.54, 1.807) is 18.5 Å². The van der Waals surface area contributed by atoms with Gasteiger partial charge in [0.25, 0.3) is 0 Å². The molecule has 1 atom stereocenters. The van der Waals surface area contributed by atoms with E-state index >= 15 is 0 Å². The molecule has 0 saturated carbocycles. The molecule has 0 aliphatic heterocycles. The van der Waals surface area contributed by atoms with Crippen LogP contribution in [0.25, 0.3) is 11.0 Å². The maximum atomic E-state index is 10.3. The maximum absolute atomic E-state index is 10.3. The molecule has 0 spiro atoms. The van der Waals surface area contributed by atoms with Crippen LogP contribution in [0.4, 0.5) is 0 Å². The number of aromatic nitrogens is 2. The van der Waals surface area contributed by atoms with E-state index in [4.69, 9.17) is 11.6 Å². The standard InChI is InChI=1S/C15H13ClN2O/c16-12-7-5-11(6-8-12)15(19)9-18-10-17-13-3-1-2-4-14(13)18/h1-8,10,15,19H,9H2/t15-/m0/s1. The zero-order chi connectivity index (χ0) is 13.2. The predicted molar refractivity (Wildman–Crippen MR) is 76.1 cm³/mol. The van der Waals surface area contributed by atoms with Crippen LogP contribution in [0.1, 0.15) is 11.7 Å². The second-order valence-corrected chi connectivity index (χ2v) is 4.89. The molecular weight excluding hydrogens is 260 g/mol. The smallest absolute Gasteiger partial charge is 0.0969 e. The molecule has 3 rings (SSSR count). The lowest BCUT2D eigenvalue weighted by atomic mass is 10.1. The normalized spacial score (nSPS) is 12.7. The van der Waals surface area contributed by atoms with E-state index in [9.17, 15) is 5.11 Å². The summed E-state index contributed by atoms with van der Waals surface area (Å²) in [6.07, 6.45) is 1.18. The summed E-state index contributed by atoms with van der Waals surface area (Å²) in [7, 11) is 0. The minimum absolute atomic E-state index is 0.474. The number of halogens is 1. The monoisotopic (exact) mass is 272 g/mol. The topological polar surface area (TPSA) is 38.0 Å². The molecule has 96 valence electrons. The summed E-state index contributed by atoms with van der Waals surface area (Å²) in [5.41, 5.74) is 2.81. The molecule has 0 amide bonds. The van der Waals surface area contributed by atoms with Gasteiger partial charge in [-0.2, -0.15) is 0 Å². The quantitative estimate of drug-likeness (QED) is 0.793. The van der Waals surface area contributed by atoms with E-state index in [2.05, 4.69) is 4.98 Å². The molecule has 0 aliphatic carbocycles. The molecule has 19 heavy (non-hydrogen) atoms. The number of imidazole rings is 1. The maximum Gasteiger partial charge on any atom is 0.0969 e. The van der Waals surface area contributed by atoms with Crippen molar-refractivity contribution in [3.63, 3.8) is 0 Å². The number of aliphatic hydroxyl groups excluding tert-OH is 1. The van der Waals surface area contributed by atoms with Crippen molar-refractivity contribution in [2.75, 3.05) is 0 Å². The first-order valence-electron chi connectivity index (χ1n) is 6.07. The lowest BCUT2D eigenvalue weighted by molar-refractivity contribution is 0.158. The van der Waals surface area contributed by atoms with Crippen molar-refractivity contribution in [3.05, 3.63) is 65.4 Å². The van der Waals surface area contributed by atoms with Gasteiger partial charge >= 0.3 is 0 Å². The zero-order valence-corrected chi connectivity index (χ0v) is 11.0. The Morgan fingerprint density at radius 3 is 2.63 bits per heavy atom. The Bertz CT molecular complexity index is 691. The first-order chi connectivity index (χ1) is 9.24. The summed E-state index contributed by atoms with van der Waals surface area (Å²) >= 11 is 5.84. The lowest BCUT2D eigenvalue weighted by Gasteiger charge is -2.12. The van der Waals surface area contributed by atoms with Crippen molar-refractivity contribution in [2.24, 2.45) is 0 Å². The van der Waals surface area contributed by atoms with Crippen LogP contribution in [0.2, 0.25) is 5.02 Å². The summed E-state index contributed by atoms with van der Waals surface area (Å²) < 4.78 is 1.95. The van der Waals surface area contributed by atoms with Gasteiger partial charge < -0.3 is 9.67 Å². The van der Waals surface area contributed by atoms with Crippen LogP contribution in [-0.4, -0.2) is 14.7 Å². The van der Waals surface area contributed by atoms with Gasteiger partial charge in [0, 0.05) is 5.02 Å². The number of nitrogens with zero attached hydrogens (tertiary/aromatic N) is 2. The third-order valence-corrected chi connectivity index (χ3v) is 3.40. The Morgan fingerprint density at radius 2 is 1.84 bits per heavy atom. The van der Waals surface area contributed by atoms with E-state index in [0.717, 1.165) is 16.6 Å². The summed E-state index contributed by atoms with van der Waals surface area (Å²) in [5.74, 6) is 0. The highest BCUT2D eigenvalue weighted by Crippen LogP contribution is 2.20. The number of fused-ring (bicyclic) bond motifs is 1. The molecule has 0 bridgehead atoms. The Kier molecular flexibility index (Phi) is 3.23. The van der Waals surface area contributed by atoms with Gasteiger partial charge in [-0.3, -0.25) is 0 Å². The highest BCUT2D eigenvalue weighted by Gasteiger charge is 2.10. The molecule has 1 aromatic heterocycles. The van der Waals surface area contributed by atoms with Crippen molar-refractivity contribution in [1.82, 2.24) is 9.55 Å². The third-order valence-electron chi connectivity index (χ3n) is 3.15. The SMILES string of the molecule is O[C@@H](Cn1cnc2ccccc21)c1ccc(Cl)cc1. The van der Waals surface area contributed by atoms with Gasteiger partial charge in [-0.1, -0.05) is 35.9 Å². The van der Waals surface area contributed by atoms with Gasteiger partial charge in [0.05, 0.1) is 30.0 Å². The number of hydrogen-bond donors (Lipinski definition) is 1. The van der Waals surface area contributed by atoms with Crippen molar-refractivity contribution < 1.29 is 5.11 Å². The van der Waals surface area contributed by atoms with Crippen LogP contribution in [0.15, 0.2) is 54.9 Å². The summed E-state index contributed by atoms with van der Waals surface area (Å²) in [4.78, 5) is 4.31. The van der Waals surface area contributed by atoms with Gasteiger partial charge in [-0.15, -0.1) is 0 Å². The molecule has 0 fully saturated rings. The van der Waals surface area contributed by atoms with Crippen LogP contribution < -0.4 is 0 Å². The average molecular weight is 273 g/mol. The first kappa shape index (κ1) is 12.2. The Morgan fingerprint density at radius 1 is 1.11 bits per heavy atom. The molecule has 0 unspecified atom stereocenters. The molecular formula is C15H13ClN2O. The van der Waals surface area contributed by atoms with Gasteiger partial charge in [-0.25, -0.2) is 4.98 Å². The molecule has 1 heterocycles. The van der Waals surface area contributed by atoms with E-state index in [-0.39, 0.29) is 0 Å². The first-order valence-corrected chi connectivity index (χ1v) is 6.45. The number of para-hydroxylation sites is 2. The average Bonchev–Trinajstić information content (AvgIpc) is 2.83. The number of rotatable bonds is 3. The van der Waals surface area contributed by atoms with Gasteiger partial charge in [-0.05, 0) is 29.8 Å². The van der Waals surface area contributed by atoms with E-state index in [1.807, 2.05) is 41.0 Å². The number of aliphatic hydroxyl groups is 1. The largest absolute Gasteiger partial charge is 0.387 e. The van der Waals surface area contributed by atoms with E-state index < -0.39 is 6.10 Å². The molecule has 0 saturated heterocycles. The van der Waals surface area contributed by atoms with Crippen molar-refractivity contribution in [3.8, 4) is 0 Å². The fourth-order valence-electron chi connectivity index (χ4n) is 2.13. The Balaban J connectivity index is 1.86. The second kappa shape index (κ2) is 5.03. The van der Waals surface area contributed by atoms with Gasteiger partial charge in [0.2, 0.25) is 0 Å². The molecule has 0 radical (unpaired) electrons. The van der Waals surface area contributed by atoms with Crippen molar-refractivity contribution >= 4 is 22.6 Å². The molecule has 4 heteroatoms. The van der Waals surface area contributed by atoms with Crippen molar-refractivity contribution in [1.29, 1.82) is 0 Å². The molecule has 0 aliphatic rings. The van der Waals surface area contributed by atoms with Crippen LogP contribution in [0, 0.1) is 0 Å². The van der Waals surface area contributed by atoms with Crippen LogP contribution in [0.5, 0.6) is 0 Å². The molecule has 2 aromatic carbocycles. The zero-order valence-electron chi connectivity index (χ0n) is 10.2. The number of benzene rings is 2. The molecule has 3 aromatic rings. The van der Waals surface area contributed by atoms with Gasteiger partial charge in [0.15, 0.2) is 0 Å². The van der Waals surface area contributed by atoms with Crippen molar-refractivity contribution in [2.45, 2.75) is 12.6 Å². The molecule has 1 N–H and O–H groups in total. The molecule has 3 nitrogen and oxygen atoms in total. The minimum Gasteiger partial charge on any atom is -0.387 e. The highest BCUT2D eigenvalue weighted by molar-refractivity contribution is 6.30. The summed E-state index contributed by atoms with van der Waals surface area (Å²) in [6.45, 7) is 0.474. The fraction of sp³-hybridized carbons (Fsp3) is 0.133. The summed E-state index contributed by atoms with van der Waals surface area (Å²) in [6, 6.07) is 15.1. The van der Waals surface area contributed by atoms with E-state index in [1.165, 1.54) is 0 Å². The minimum atomic E-state index is -0.574. The van der Waals surface area contributed by atoms with Crippen LogP contribution >= 0.6 is 11.6 Å². The van der Waals surface area contributed by atoms with Crippen LogP contribution in [0.3, 0.4) is 0 Å². The van der Waals surface area contributed by atoms with Gasteiger partial charge in [0.1, 0.15) is 0 Å². The fourth-order valence-corrected chi connectivity index (χ4v) is 2.26. The Labute approximate surface area is 116 Å². The van der Waals surface area contributed by atoms with E-state index in [0.29, 0.717) is 11.6 Å². The second-order valence-electron chi connectivity index (χ2n) is 4.45. The highest BCUT2D eigenvalue weighted by atomic mass is 35.5. The Hall–Kier alpha value is -1.84. The number of hydrogen-bond acceptors (Lipinski definition) is 2.